The van der Waals surface area contributed by atoms with Crippen LogP contribution >= 0.6 is 0 Å². The van der Waals surface area contributed by atoms with E-state index in [9.17, 15) is 0 Å². The summed E-state index contributed by atoms with van der Waals surface area (Å²) in [4.78, 5) is 2.26. The fourth-order valence-corrected chi connectivity index (χ4v) is 13.3. The van der Waals surface area contributed by atoms with E-state index in [1.54, 1.807) is 0 Å². The predicted molar refractivity (Wildman–Crippen MR) is 366 cm³/mol. The number of para-hydroxylation sites is 7. The zero-order valence-electron chi connectivity index (χ0n) is 47.8. The molecule has 0 fully saturated rings. The van der Waals surface area contributed by atoms with Crippen molar-refractivity contribution in [2.45, 2.75) is 0 Å². The van der Waals surface area contributed by atoms with Crippen LogP contribution in [0.2, 0.25) is 0 Å². The summed E-state index contributed by atoms with van der Waals surface area (Å²) in [6.07, 6.45) is 1.85. The standard InChI is InChI=1S/C44H28N2O.C38H26N2O/c1-2-10-29(11-3-1)30-18-23-33(24-19-30)45-39-15-7-4-12-35(39)36-27-22-32(28-41(36)45)31-20-25-34(26-21-31)46-40-16-8-5-13-37(40)44-43(46)38-14-6-9-17-42(38)47-44;1-3-11-29(12-4-1)39(37-26-41-38-18-10-8-16-34(37)38)31-22-19-27(20-23-31)28-21-24-33-32-15-7-9-17-35(32)40(36(33)25-28)30-13-5-2-6-14-30/h1-28H;1-26H. The van der Waals surface area contributed by atoms with Gasteiger partial charge in [-0.15, -0.1) is 0 Å². The number of hydrogen-bond donors (Lipinski definition) is 0. The van der Waals surface area contributed by atoms with Crippen LogP contribution in [0.15, 0.2) is 337 Å². The first-order valence-corrected chi connectivity index (χ1v) is 29.9. The van der Waals surface area contributed by atoms with Crippen LogP contribution in [0.5, 0.6) is 0 Å². The molecule has 6 heteroatoms. The summed E-state index contributed by atoms with van der Waals surface area (Å²) < 4.78 is 19.4. The molecule has 0 spiro atoms. The van der Waals surface area contributed by atoms with Crippen molar-refractivity contribution >= 4 is 105 Å². The van der Waals surface area contributed by atoms with Gasteiger partial charge in [0.25, 0.3) is 0 Å². The average Bonchev–Trinajstić information content (AvgIpc) is 2.12. The van der Waals surface area contributed by atoms with Crippen LogP contribution in [0.4, 0.5) is 17.1 Å². The highest BCUT2D eigenvalue weighted by Gasteiger charge is 2.22. The number of rotatable bonds is 9. The van der Waals surface area contributed by atoms with E-state index in [4.69, 9.17) is 8.83 Å². The monoisotopic (exact) mass is 1130 g/mol. The lowest BCUT2D eigenvalue weighted by molar-refractivity contribution is 0.616. The first-order valence-electron chi connectivity index (χ1n) is 29.9. The lowest BCUT2D eigenvalue weighted by Gasteiger charge is -2.24. The van der Waals surface area contributed by atoms with E-state index in [1.807, 2.05) is 36.6 Å². The van der Waals surface area contributed by atoms with E-state index >= 15 is 0 Å². The molecule has 0 bridgehead atoms. The van der Waals surface area contributed by atoms with Crippen molar-refractivity contribution in [2.24, 2.45) is 0 Å². The zero-order chi connectivity index (χ0) is 58.1. The lowest BCUT2D eigenvalue weighted by atomic mass is 10.0. The molecule has 6 nitrogen and oxygen atoms in total. The summed E-state index contributed by atoms with van der Waals surface area (Å²) in [6.45, 7) is 0. The topological polar surface area (TPSA) is 44.3 Å². The van der Waals surface area contributed by atoms with Crippen LogP contribution in [0.25, 0.3) is 138 Å². The number of aromatic nitrogens is 3. The maximum Gasteiger partial charge on any atom is 0.161 e. The normalized spacial score (nSPS) is 11.6. The minimum Gasteiger partial charge on any atom is -0.462 e. The first kappa shape index (κ1) is 50.6. The summed E-state index contributed by atoms with van der Waals surface area (Å²) >= 11 is 0. The number of anilines is 3. The van der Waals surface area contributed by atoms with Gasteiger partial charge in [0.05, 0.1) is 33.3 Å². The molecular formula is C82H54N4O2. The smallest absolute Gasteiger partial charge is 0.161 e. The Kier molecular flexibility index (Phi) is 12.1. The second-order valence-electron chi connectivity index (χ2n) is 22.4. The van der Waals surface area contributed by atoms with Crippen molar-refractivity contribution in [1.82, 2.24) is 13.7 Å². The Morgan fingerprint density at radius 2 is 0.636 bits per heavy atom. The van der Waals surface area contributed by atoms with Crippen LogP contribution in [0, 0.1) is 0 Å². The quantitative estimate of drug-likeness (QED) is 0.145. The van der Waals surface area contributed by atoms with E-state index in [2.05, 4.69) is 310 Å². The Balaban J connectivity index is 0.000000138. The molecule has 0 aliphatic carbocycles. The number of fused-ring (bicyclic) bond motifs is 12. The molecule has 0 amide bonds. The molecule has 88 heavy (non-hydrogen) atoms. The van der Waals surface area contributed by atoms with Gasteiger partial charge in [-0.2, -0.15) is 0 Å². The van der Waals surface area contributed by atoms with Gasteiger partial charge in [-0.3, -0.25) is 0 Å². The Morgan fingerprint density at radius 1 is 0.250 bits per heavy atom. The van der Waals surface area contributed by atoms with Gasteiger partial charge in [0.1, 0.15) is 22.9 Å². The van der Waals surface area contributed by atoms with Crippen LogP contribution < -0.4 is 4.90 Å². The number of nitrogens with zero attached hydrogens (tertiary/aromatic N) is 4. The van der Waals surface area contributed by atoms with E-state index in [0.717, 1.165) is 78.1 Å². The molecule has 5 heterocycles. The van der Waals surface area contributed by atoms with Gasteiger partial charge < -0.3 is 27.4 Å². The zero-order valence-corrected chi connectivity index (χ0v) is 47.8. The van der Waals surface area contributed by atoms with Gasteiger partial charge >= 0.3 is 0 Å². The number of benzene rings is 13. The van der Waals surface area contributed by atoms with Gasteiger partial charge in [0.2, 0.25) is 0 Å². The number of hydrogen-bond acceptors (Lipinski definition) is 3. The third-order valence-electron chi connectivity index (χ3n) is 17.4. The molecule has 0 N–H and O–H groups in total. The maximum absolute atomic E-state index is 6.38. The summed E-state index contributed by atoms with van der Waals surface area (Å²) in [6, 6.07) is 114. The van der Waals surface area contributed by atoms with Crippen molar-refractivity contribution < 1.29 is 8.83 Å². The molecule has 5 aromatic heterocycles. The van der Waals surface area contributed by atoms with Crippen LogP contribution in [0.1, 0.15) is 0 Å². The summed E-state index contributed by atoms with van der Waals surface area (Å²) in [7, 11) is 0. The Morgan fingerprint density at radius 3 is 1.23 bits per heavy atom. The Bertz CT molecular complexity index is 5590. The first-order chi connectivity index (χ1) is 43.7. The van der Waals surface area contributed by atoms with Crippen molar-refractivity contribution in [2.75, 3.05) is 4.90 Å². The molecule has 0 atom stereocenters. The van der Waals surface area contributed by atoms with Gasteiger partial charge in [0, 0.05) is 66.1 Å². The van der Waals surface area contributed by atoms with Crippen LogP contribution in [0.3, 0.4) is 0 Å². The van der Waals surface area contributed by atoms with Crippen molar-refractivity contribution in [3.05, 3.63) is 328 Å². The van der Waals surface area contributed by atoms with E-state index < -0.39 is 0 Å². The van der Waals surface area contributed by atoms with Crippen LogP contribution in [-0.2, 0) is 0 Å². The SMILES string of the molecule is c1ccc(-c2ccc(-n3c4ccccc4c4ccc(-c5ccc(-n6c7ccccc7c7oc8ccccc8c76)cc5)cc43)cc2)cc1.c1ccc(N(c2ccc(-c3ccc4c5ccccc5n(-c5ccccc5)c4c3)cc2)c2coc3ccccc23)cc1. The second-order valence-corrected chi connectivity index (χ2v) is 22.4. The summed E-state index contributed by atoms with van der Waals surface area (Å²) in [5.41, 5.74) is 23.6. The predicted octanol–water partition coefficient (Wildman–Crippen LogP) is 22.6. The Hall–Kier alpha value is -11.9. The molecule has 13 aromatic carbocycles. The van der Waals surface area contributed by atoms with Gasteiger partial charge in [-0.25, -0.2) is 0 Å². The molecule has 18 aromatic rings. The molecular weight excluding hydrogens is 1070 g/mol. The van der Waals surface area contributed by atoms with Crippen molar-refractivity contribution in [1.29, 1.82) is 0 Å². The van der Waals surface area contributed by atoms with Crippen molar-refractivity contribution in [3.8, 4) is 50.4 Å². The molecule has 0 saturated heterocycles. The molecule has 0 aliphatic heterocycles. The van der Waals surface area contributed by atoms with Gasteiger partial charge in [0.15, 0.2) is 5.58 Å². The minimum atomic E-state index is 0.877. The third kappa shape index (κ3) is 8.49. The fourth-order valence-electron chi connectivity index (χ4n) is 13.3. The van der Waals surface area contributed by atoms with Gasteiger partial charge in [-0.1, -0.05) is 200 Å². The molecule has 0 unspecified atom stereocenters. The van der Waals surface area contributed by atoms with E-state index in [0.29, 0.717) is 0 Å². The molecule has 18 rings (SSSR count). The van der Waals surface area contributed by atoms with E-state index in [-0.39, 0.29) is 0 Å². The lowest BCUT2D eigenvalue weighted by Crippen LogP contribution is -2.09. The van der Waals surface area contributed by atoms with E-state index in [1.165, 1.54) is 77.0 Å². The van der Waals surface area contributed by atoms with Gasteiger partial charge in [-0.05, 0) is 155 Å². The highest BCUT2D eigenvalue weighted by Crippen LogP contribution is 2.43. The largest absolute Gasteiger partial charge is 0.462 e. The molecule has 0 radical (unpaired) electrons. The van der Waals surface area contributed by atoms with Crippen molar-refractivity contribution in [3.63, 3.8) is 0 Å². The third-order valence-corrected chi connectivity index (χ3v) is 17.4. The number of furan rings is 2. The minimum absolute atomic E-state index is 0.877. The Labute approximate surface area is 507 Å². The fraction of sp³-hybridized carbons (Fsp3) is 0. The molecule has 414 valence electrons. The molecule has 0 saturated carbocycles. The maximum atomic E-state index is 6.38. The molecule has 0 aliphatic rings. The van der Waals surface area contributed by atoms with Crippen LogP contribution in [-0.4, -0.2) is 13.7 Å². The summed E-state index contributed by atoms with van der Waals surface area (Å²) in [5.74, 6) is 0. The average molecular weight is 1130 g/mol. The highest BCUT2D eigenvalue weighted by atomic mass is 16.3. The summed E-state index contributed by atoms with van der Waals surface area (Å²) in [5, 5.41) is 8.36. The highest BCUT2D eigenvalue weighted by molar-refractivity contribution is 6.17. The second kappa shape index (κ2) is 21.0.